The third-order valence-electron chi connectivity index (χ3n) is 6.21. The largest absolute Gasteiger partial charge is 0.494 e. The Labute approximate surface area is 228 Å². The zero-order valence-electron chi connectivity index (χ0n) is 21.3. The molecule has 0 unspecified atom stereocenters. The van der Waals surface area contributed by atoms with Crippen LogP contribution in [-0.2, 0) is 16.1 Å². The van der Waals surface area contributed by atoms with E-state index in [9.17, 15) is 9.59 Å². The lowest BCUT2D eigenvalue weighted by Crippen LogP contribution is -2.39. The molecule has 2 aromatic carbocycles. The van der Waals surface area contributed by atoms with Crippen LogP contribution in [0.5, 0.6) is 5.75 Å². The fourth-order valence-electron chi connectivity index (χ4n) is 4.25. The summed E-state index contributed by atoms with van der Waals surface area (Å²) in [4.78, 5) is 33.2. The van der Waals surface area contributed by atoms with E-state index in [1.807, 2.05) is 78.2 Å². The lowest BCUT2D eigenvalue weighted by atomic mass is 10.0. The maximum Gasteiger partial charge on any atom is 0.338 e. The summed E-state index contributed by atoms with van der Waals surface area (Å²) in [5, 5.41) is 1.94. The van der Waals surface area contributed by atoms with Gasteiger partial charge < -0.3 is 9.47 Å². The minimum Gasteiger partial charge on any atom is -0.494 e. The molecule has 194 valence electrons. The Kier molecular flexibility index (Phi) is 8.00. The highest BCUT2D eigenvalue weighted by molar-refractivity contribution is 7.10. The van der Waals surface area contributed by atoms with Gasteiger partial charge in [0, 0.05) is 4.88 Å². The van der Waals surface area contributed by atoms with Crippen LogP contribution in [0.2, 0.25) is 0 Å². The summed E-state index contributed by atoms with van der Waals surface area (Å²) in [5.41, 5.74) is 2.55. The summed E-state index contributed by atoms with van der Waals surface area (Å²) in [6, 6.07) is 20.5. The molecular weight excluding hydrogens is 516 g/mol. The molecule has 0 saturated carbocycles. The van der Waals surface area contributed by atoms with Crippen LogP contribution in [0, 0.1) is 0 Å². The van der Waals surface area contributed by atoms with Gasteiger partial charge in [-0.1, -0.05) is 73.2 Å². The fourth-order valence-corrected chi connectivity index (χ4v) is 6.12. The smallest absolute Gasteiger partial charge is 0.338 e. The van der Waals surface area contributed by atoms with E-state index in [1.165, 1.54) is 22.7 Å². The highest BCUT2D eigenvalue weighted by Gasteiger charge is 2.34. The lowest BCUT2D eigenvalue weighted by Gasteiger charge is -2.23. The second-order valence-electron chi connectivity index (χ2n) is 8.93. The number of unbranched alkanes of at least 4 members (excludes halogenated alkanes) is 1. The number of aromatic nitrogens is 1. The maximum absolute atomic E-state index is 13.7. The number of benzene rings is 2. The molecule has 1 atom stereocenters. The number of thiophene rings is 1. The molecule has 0 aliphatic carbocycles. The second-order valence-corrected chi connectivity index (χ2v) is 10.9. The quantitative estimate of drug-likeness (QED) is 0.214. The van der Waals surface area contributed by atoms with Gasteiger partial charge in [-0.15, -0.1) is 11.3 Å². The molecule has 4 aromatic rings. The van der Waals surface area contributed by atoms with E-state index in [0.717, 1.165) is 34.6 Å². The number of carbonyl (C=O) groups excluding carboxylic acids is 1. The topological polar surface area (TPSA) is 69.9 Å². The van der Waals surface area contributed by atoms with Gasteiger partial charge in [0.2, 0.25) is 0 Å². The lowest BCUT2D eigenvalue weighted by molar-refractivity contribution is -0.140. The molecule has 1 aliphatic heterocycles. The zero-order valence-corrected chi connectivity index (χ0v) is 22.9. The van der Waals surface area contributed by atoms with Gasteiger partial charge in [-0.05, 0) is 54.1 Å². The van der Waals surface area contributed by atoms with Gasteiger partial charge in [0.05, 0.1) is 22.4 Å². The zero-order chi connectivity index (χ0) is 26.5. The highest BCUT2D eigenvalue weighted by Crippen LogP contribution is 2.33. The fraction of sp³-hybridized carbons (Fsp3) is 0.233. The Morgan fingerprint density at radius 1 is 1.08 bits per heavy atom. The van der Waals surface area contributed by atoms with Crippen LogP contribution in [0.3, 0.4) is 0 Å². The number of esters is 1. The van der Waals surface area contributed by atoms with Crippen LogP contribution in [0.15, 0.2) is 93.2 Å². The summed E-state index contributed by atoms with van der Waals surface area (Å²) in [6.45, 7) is 4.76. The van der Waals surface area contributed by atoms with Gasteiger partial charge in [0.15, 0.2) is 4.80 Å². The molecule has 0 saturated heterocycles. The van der Waals surface area contributed by atoms with Gasteiger partial charge in [-0.2, -0.15) is 0 Å². The number of ether oxygens (including phenoxy) is 2. The van der Waals surface area contributed by atoms with Crippen molar-refractivity contribution in [3.8, 4) is 5.75 Å². The molecule has 2 aromatic heterocycles. The molecular formula is C30H28N2O4S2. The molecule has 8 heteroatoms. The van der Waals surface area contributed by atoms with E-state index in [1.54, 1.807) is 11.5 Å². The Bertz CT molecular complexity index is 1620. The number of rotatable bonds is 9. The molecule has 0 spiro atoms. The van der Waals surface area contributed by atoms with Crippen molar-refractivity contribution in [2.24, 2.45) is 4.99 Å². The molecule has 5 rings (SSSR count). The average Bonchev–Trinajstić information content (AvgIpc) is 3.57. The van der Waals surface area contributed by atoms with Crippen LogP contribution < -0.4 is 19.6 Å². The highest BCUT2D eigenvalue weighted by atomic mass is 32.1. The van der Waals surface area contributed by atoms with E-state index in [4.69, 9.17) is 9.47 Å². The summed E-state index contributed by atoms with van der Waals surface area (Å²) < 4.78 is 13.6. The molecule has 0 radical (unpaired) electrons. The number of allylic oxidation sites excluding steroid dienone is 1. The second kappa shape index (κ2) is 11.8. The van der Waals surface area contributed by atoms with Gasteiger partial charge in [0.1, 0.15) is 18.4 Å². The van der Waals surface area contributed by atoms with E-state index in [2.05, 4.69) is 11.9 Å². The summed E-state index contributed by atoms with van der Waals surface area (Å²) in [6.07, 6.45) is 3.95. The van der Waals surface area contributed by atoms with Crippen molar-refractivity contribution in [1.82, 2.24) is 4.57 Å². The Balaban J connectivity index is 1.48. The van der Waals surface area contributed by atoms with E-state index < -0.39 is 12.0 Å². The molecule has 6 nitrogen and oxygen atoms in total. The predicted molar refractivity (Wildman–Crippen MR) is 151 cm³/mol. The van der Waals surface area contributed by atoms with E-state index >= 15 is 0 Å². The minimum absolute atomic E-state index is 0.149. The van der Waals surface area contributed by atoms with Gasteiger partial charge in [0.25, 0.3) is 5.56 Å². The molecule has 0 amide bonds. The summed E-state index contributed by atoms with van der Waals surface area (Å²) in [5.74, 6) is 0.338. The van der Waals surface area contributed by atoms with Crippen molar-refractivity contribution in [2.45, 2.75) is 39.3 Å². The maximum atomic E-state index is 13.7. The summed E-state index contributed by atoms with van der Waals surface area (Å²) >= 11 is 2.82. The minimum atomic E-state index is -0.592. The third kappa shape index (κ3) is 5.56. The first-order chi connectivity index (χ1) is 18.5. The van der Waals surface area contributed by atoms with Crippen LogP contribution in [0.1, 0.15) is 48.7 Å². The first kappa shape index (κ1) is 25.9. The van der Waals surface area contributed by atoms with Gasteiger partial charge in [-0.3, -0.25) is 9.36 Å². The molecule has 0 N–H and O–H groups in total. The third-order valence-corrected chi connectivity index (χ3v) is 8.12. The van der Waals surface area contributed by atoms with Gasteiger partial charge in [-0.25, -0.2) is 9.79 Å². The Hall–Kier alpha value is -3.75. The Morgan fingerprint density at radius 3 is 2.58 bits per heavy atom. The Morgan fingerprint density at radius 2 is 1.87 bits per heavy atom. The number of hydrogen-bond acceptors (Lipinski definition) is 7. The van der Waals surface area contributed by atoms with Crippen molar-refractivity contribution in [1.29, 1.82) is 0 Å². The van der Waals surface area contributed by atoms with Crippen molar-refractivity contribution in [3.05, 3.63) is 119 Å². The van der Waals surface area contributed by atoms with E-state index in [0.29, 0.717) is 27.2 Å². The van der Waals surface area contributed by atoms with Crippen LogP contribution in [0.25, 0.3) is 6.08 Å². The van der Waals surface area contributed by atoms with Crippen molar-refractivity contribution < 1.29 is 14.3 Å². The number of fused-ring (bicyclic) bond motifs is 1. The van der Waals surface area contributed by atoms with Crippen LogP contribution >= 0.6 is 22.7 Å². The molecule has 0 fully saturated rings. The van der Waals surface area contributed by atoms with Crippen molar-refractivity contribution >= 4 is 34.7 Å². The monoisotopic (exact) mass is 544 g/mol. The number of hydrogen-bond donors (Lipinski definition) is 0. The normalized spacial score (nSPS) is 15.2. The number of carbonyl (C=O) groups is 1. The average molecular weight is 545 g/mol. The number of thiazole rings is 1. The first-order valence-corrected chi connectivity index (χ1v) is 14.2. The summed E-state index contributed by atoms with van der Waals surface area (Å²) in [7, 11) is 0. The van der Waals surface area contributed by atoms with Crippen LogP contribution in [0.4, 0.5) is 0 Å². The molecule has 3 heterocycles. The SMILES string of the molecule is CCCCOc1ccc(/C=c2\sc3n(c2=O)[C@H](c2cccs2)C(C(=O)OCc2ccccc2)=C(C)N=3)cc1. The molecule has 0 bridgehead atoms. The van der Waals surface area contributed by atoms with Crippen LogP contribution in [-0.4, -0.2) is 17.1 Å². The van der Waals surface area contributed by atoms with Crippen molar-refractivity contribution in [2.75, 3.05) is 6.61 Å². The van der Waals surface area contributed by atoms with E-state index in [-0.39, 0.29) is 12.2 Å². The molecule has 38 heavy (non-hydrogen) atoms. The molecule has 1 aliphatic rings. The standard InChI is InChI=1S/C30H28N2O4S2/c1-3-4-16-35-23-14-12-21(13-15-23)18-25-28(33)32-27(24-11-8-17-37-24)26(20(2)31-30(32)38-25)29(34)36-19-22-9-6-5-7-10-22/h5-15,17-18,27H,3-4,16,19H2,1-2H3/b25-18-/t27-/m1/s1. The predicted octanol–water partition coefficient (Wildman–Crippen LogP) is 5.22. The van der Waals surface area contributed by atoms with Crippen molar-refractivity contribution in [3.63, 3.8) is 0 Å². The van der Waals surface area contributed by atoms with Gasteiger partial charge >= 0.3 is 5.97 Å². The first-order valence-electron chi connectivity index (χ1n) is 12.5. The number of nitrogens with zero attached hydrogens (tertiary/aromatic N) is 2.